The zero-order chi connectivity index (χ0) is 15.0. The van der Waals surface area contributed by atoms with Crippen molar-refractivity contribution in [1.29, 1.82) is 0 Å². The molecule has 1 atom stereocenters. The fourth-order valence-corrected chi connectivity index (χ4v) is 3.38. The largest absolute Gasteiger partial charge is 0.496 e. The van der Waals surface area contributed by atoms with Gasteiger partial charge in [-0.15, -0.1) is 12.4 Å². The molecule has 1 aromatic carbocycles. The molecule has 22 heavy (non-hydrogen) atoms. The van der Waals surface area contributed by atoms with Gasteiger partial charge in [-0.3, -0.25) is 4.79 Å². The minimum Gasteiger partial charge on any atom is -0.496 e. The Hall–Kier alpha value is -1.26. The number of hydrogen-bond donors (Lipinski definition) is 1. The second-order valence-corrected chi connectivity index (χ2v) is 6.41. The van der Waals surface area contributed by atoms with Gasteiger partial charge < -0.3 is 15.4 Å². The lowest BCUT2D eigenvalue weighted by molar-refractivity contribution is -0.133. The number of carbonyl (C=O) groups excluding carboxylic acids is 1. The Bertz CT molecular complexity index is 558. The summed E-state index contributed by atoms with van der Waals surface area (Å²) in [5, 5.41) is 0. The molecule has 3 rings (SSSR count). The van der Waals surface area contributed by atoms with Crippen LogP contribution in [0.2, 0.25) is 0 Å². The topological polar surface area (TPSA) is 55.6 Å². The van der Waals surface area contributed by atoms with E-state index in [1.54, 1.807) is 7.11 Å². The fourth-order valence-electron chi connectivity index (χ4n) is 3.38. The Morgan fingerprint density at radius 1 is 1.45 bits per heavy atom. The number of benzene rings is 1. The zero-order valence-corrected chi connectivity index (χ0v) is 14.1. The molecule has 2 fully saturated rings. The molecule has 2 N–H and O–H groups in total. The van der Waals surface area contributed by atoms with Gasteiger partial charge in [0.1, 0.15) is 5.75 Å². The third-order valence-corrected chi connectivity index (χ3v) is 5.03. The molecule has 1 unspecified atom stereocenters. The molecule has 1 amide bonds. The summed E-state index contributed by atoms with van der Waals surface area (Å²) in [6.45, 7) is 4.37. The summed E-state index contributed by atoms with van der Waals surface area (Å²) in [4.78, 5) is 14.9. The van der Waals surface area contributed by atoms with E-state index in [-0.39, 0.29) is 23.7 Å². The normalized spacial score (nSPS) is 22.1. The molecule has 1 aliphatic heterocycles. The number of ether oxygens (including phenoxy) is 1. The van der Waals surface area contributed by atoms with Crippen molar-refractivity contribution in [2.45, 2.75) is 31.6 Å². The van der Waals surface area contributed by atoms with E-state index in [1.165, 1.54) is 0 Å². The highest BCUT2D eigenvalue weighted by Gasteiger charge is 2.53. The van der Waals surface area contributed by atoms with Crippen molar-refractivity contribution in [3.8, 4) is 5.75 Å². The molecule has 4 nitrogen and oxygen atoms in total. The van der Waals surface area contributed by atoms with E-state index in [0.717, 1.165) is 49.2 Å². The first-order valence-electron chi connectivity index (χ1n) is 7.75. The van der Waals surface area contributed by atoms with E-state index in [2.05, 4.69) is 6.07 Å². The standard InChI is InChI=1S/C17H24N2O2.ClH/c1-12-3-4-14(9-15(12)21-2)17(6-7-17)16(20)19-8-5-13(10-18)11-19;/h3-4,9,13H,5-8,10-11,18H2,1-2H3;1H. The van der Waals surface area contributed by atoms with E-state index in [0.29, 0.717) is 12.5 Å². The molecule has 5 heteroatoms. The molecule has 122 valence electrons. The highest BCUT2D eigenvalue weighted by atomic mass is 35.5. The summed E-state index contributed by atoms with van der Waals surface area (Å²) < 4.78 is 5.41. The number of rotatable bonds is 4. The minimum absolute atomic E-state index is 0. The molecule has 0 radical (unpaired) electrons. The molecule has 1 aromatic rings. The number of amides is 1. The highest BCUT2D eigenvalue weighted by Crippen LogP contribution is 2.51. The molecule has 0 bridgehead atoms. The SMILES string of the molecule is COc1cc(C2(C(=O)N3CCC(CN)C3)CC2)ccc1C.Cl. The van der Waals surface area contributed by atoms with Crippen LogP contribution < -0.4 is 10.5 Å². The average molecular weight is 325 g/mol. The van der Waals surface area contributed by atoms with Gasteiger partial charge in [0.25, 0.3) is 0 Å². The van der Waals surface area contributed by atoms with Crippen LogP contribution in [0.15, 0.2) is 18.2 Å². The number of likely N-dealkylation sites (tertiary alicyclic amines) is 1. The summed E-state index contributed by atoms with van der Waals surface area (Å²) in [5.74, 6) is 1.62. The monoisotopic (exact) mass is 324 g/mol. The summed E-state index contributed by atoms with van der Waals surface area (Å²) in [5.41, 5.74) is 7.64. The first-order valence-corrected chi connectivity index (χ1v) is 7.75. The summed E-state index contributed by atoms with van der Waals surface area (Å²) in [7, 11) is 1.68. The maximum atomic E-state index is 12.9. The van der Waals surface area contributed by atoms with Gasteiger partial charge in [0.05, 0.1) is 12.5 Å². The molecule has 2 aliphatic rings. The summed E-state index contributed by atoms with van der Waals surface area (Å²) in [6, 6.07) is 6.17. The van der Waals surface area contributed by atoms with E-state index in [9.17, 15) is 4.79 Å². The van der Waals surface area contributed by atoms with E-state index < -0.39 is 0 Å². The van der Waals surface area contributed by atoms with Crippen LogP contribution in [0.4, 0.5) is 0 Å². The van der Waals surface area contributed by atoms with E-state index in [1.807, 2.05) is 24.0 Å². The van der Waals surface area contributed by atoms with Crippen molar-refractivity contribution < 1.29 is 9.53 Å². The molecular weight excluding hydrogens is 300 g/mol. The number of carbonyl (C=O) groups is 1. The lowest BCUT2D eigenvalue weighted by Crippen LogP contribution is -2.38. The Kier molecular flexibility index (Phi) is 5.03. The predicted molar refractivity (Wildman–Crippen MR) is 89.6 cm³/mol. The number of hydrogen-bond acceptors (Lipinski definition) is 3. The highest BCUT2D eigenvalue weighted by molar-refractivity contribution is 5.91. The molecule has 1 saturated carbocycles. The molecule has 1 saturated heterocycles. The number of halogens is 1. The molecule has 1 aliphatic carbocycles. The van der Waals surface area contributed by atoms with Crippen molar-refractivity contribution in [3.63, 3.8) is 0 Å². The van der Waals surface area contributed by atoms with Gasteiger partial charge in [-0.1, -0.05) is 12.1 Å². The Morgan fingerprint density at radius 3 is 2.73 bits per heavy atom. The number of nitrogens with two attached hydrogens (primary N) is 1. The lowest BCUT2D eigenvalue weighted by Gasteiger charge is -2.24. The zero-order valence-electron chi connectivity index (χ0n) is 13.3. The molecule has 0 aromatic heterocycles. The third kappa shape index (κ3) is 2.82. The maximum absolute atomic E-state index is 12.9. The smallest absolute Gasteiger partial charge is 0.233 e. The number of aryl methyl sites for hydroxylation is 1. The number of methoxy groups -OCH3 is 1. The van der Waals surface area contributed by atoms with Crippen LogP contribution in [0.25, 0.3) is 0 Å². The van der Waals surface area contributed by atoms with Crippen LogP contribution in [0.3, 0.4) is 0 Å². The second-order valence-electron chi connectivity index (χ2n) is 6.41. The molecule has 1 heterocycles. The average Bonchev–Trinajstić information content (AvgIpc) is 3.17. The maximum Gasteiger partial charge on any atom is 0.233 e. The van der Waals surface area contributed by atoms with E-state index >= 15 is 0 Å². The molecular formula is C17H25ClN2O2. The second kappa shape index (κ2) is 6.47. The van der Waals surface area contributed by atoms with Crippen LogP contribution in [0.5, 0.6) is 5.75 Å². The number of nitrogens with zero attached hydrogens (tertiary/aromatic N) is 1. The summed E-state index contributed by atoms with van der Waals surface area (Å²) >= 11 is 0. The van der Waals surface area contributed by atoms with Gasteiger partial charge in [-0.25, -0.2) is 0 Å². The van der Waals surface area contributed by atoms with Crippen molar-refractivity contribution >= 4 is 18.3 Å². The molecule has 0 spiro atoms. The van der Waals surface area contributed by atoms with Gasteiger partial charge in [0.2, 0.25) is 5.91 Å². The minimum atomic E-state index is -0.301. The first-order chi connectivity index (χ1) is 10.1. The fraction of sp³-hybridized carbons (Fsp3) is 0.588. The van der Waals surface area contributed by atoms with Gasteiger partial charge in [-0.2, -0.15) is 0 Å². The van der Waals surface area contributed by atoms with E-state index in [4.69, 9.17) is 10.5 Å². The van der Waals surface area contributed by atoms with Crippen LogP contribution >= 0.6 is 12.4 Å². The lowest BCUT2D eigenvalue weighted by atomic mass is 9.93. The van der Waals surface area contributed by atoms with Gasteiger partial charge in [0, 0.05) is 13.1 Å². The Balaban J connectivity index is 0.00000176. The van der Waals surface area contributed by atoms with Crippen LogP contribution in [0, 0.1) is 12.8 Å². The Labute approximate surface area is 138 Å². The van der Waals surface area contributed by atoms with Gasteiger partial charge >= 0.3 is 0 Å². The first kappa shape index (κ1) is 17.1. The summed E-state index contributed by atoms with van der Waals surface area (Å²) in [6.07, 6.45) is 2.93. The predicted octanol–water partition coefficient (Wildman–Crippen LogP) is 2.26. The van der Waals surface area contributed by atoms with Crippen molar-refractivity contribution in [1.82, 2.24) is 4.90 Å². The van der Waals surface area contributed by atoms with Crippen molar-refractivity contribution in [3.05, 3.63) is 29.3 Å². The van der Waals surface area contributed by atoms with Crippen molar-refractivity contribution in [2.75, 3.05) is 26.7 Å². The Morgan fingerprint density at radius 2 is 2.18 bits per heavy atom. The van der Waals surface area contributed by atoms with Crippen LogP contribution in [-0.2, 0) is 10.2 Å². The van der Waals surface area contributed by atoms with Crippen LogP contribution in [-0.4, -0.2) is 37.6 Å². The van der Waals surface area contributed by atoms with Gasteiger partial charge in [-0.05, 0) is 55.8 Å². The van der Waals surface area contributed by atoms with Gasteiger partial charge in [0.15, 0.2) is 0 Å². The quantitative estimate of drug-likeness (QED) is 0.924. The third-order valence-electron chi connectivity index (χ3n) is 5.03. The van der Waals surface area contributed by atoms with Crippen LogP contribution in [0.1, 0.15) is 30.4 Å². The van der Waals surface area contributed by atoms with Crippen molar-refractivity contribution in [2.24, 2.45) is 11.7 Å².